The highest BCUT2D eigenvalue weighted by Gasteiger charge is 2.08. The average molecular weight is 245 g/mol. The summed E-state index contributed by atoms with van der Waals surface area (Å²) in [7, 11) is 0. The molecule has 1 N–H and O–H groups in total. The number of furan rings is 1. The quantitative estimate of drug-likeness (QED) is 0.830. The molecule has 0 aliphatic rings. The van der Waals surface area contributed by atoms with Gasteiger partial charge in [-0.1, -0.05) is 25.5 Å². The van der Waals surface area contributed by atoms with Gasteiger partial charge in [-0.25, -0.2) is 0 Å². The Morgan fingerprint density at radius 3 is 2.78 bits per heavy atom. The zero-order valence-corrected chi connectivity index (χ0v) is 11.6. The molecule has 0 bridgehead atoms. The molecule has 0 fully saturated rings. The van der Waals surface area contributed by atoms with Crippen LogP contribution in [0.3, 0.4) is 0 Å². The summed E-state index contributed by atoms with van der Waals surface area (Å²) in [5, 5.41) is 4.73. The number of hydrogen-bond acceptors (Lipinski definition) is 2. The molecule has 1 unspecified atom stereocenters. The Labute approximate surface area is 109 Å². The van der Waals surface area contributed by atoms with Gasteiger partial charge in [-0.15, -0.1) is 0 Å². The summed E-state index contributed by atoms with van der Waals surface area (Å²) < 4.78 is 5.87. The van der Waals surface area contributed by atoms with Crippen LogP contribution in [0.5, 0.6) is 0 Å². The third kappa shape index (κ3) is 3.14. The molecule has 0 aliphatic heterocycles. The maximum absolute atomic E-state index is 5.87. The highest BCUT2D eigenvalue weighted by molar-refractivity contribution is 5.78. The normalized spacial score (nSPS) is 13.1. The van der Waals surface area contributed by atoms with Crippen LogP contribution in [0.15, 0.2) is 28.7 Å². The molecule has 1 heterocycles. The SMILES string of the molecule is CCNC(CC)CCc1cc2cc(C)ccc2o1. The van der Waals surface area contributed by atoms with Gasteiger partial charge in [-0.05, 0) is 44.5 Å². The topological polar surface area (TPSA) is 25.2 Å². The van der Waals surface area contributed by atoms with Crippen molar-refractivity contribution in [3.63, 3.8) is 0 Å². The first kappa shape index (κ1) is 13.2. The Morgan fingerprint density at radius 1 is 1.22 bits per heavy atom. The molecular formula is C16H23NO. The fraction of sp³-hybridized carbons (Fsp3) is 0.500. The summed E-state index contributed by atoms with van der Waals surface area (Å²) in [6, 6.07) is 9.13. The minimum atomic E-state index is 0.602. The van der Waals surface area contributed by atoms with Gasteiger partial charge in [-0.2, -0.15) is 0 Å². The van der Waals surface area contributed by atoms with E-state index in [0.717, 1.165) is 30.7 Å². The van der Waals surface area contributed by atoms with E-state index < -0.39 is 0 Å². The lowest BCUT2D eigenvalue weighted by Crippen LogP contribution is -2.28. The number of nitrogens with one attached hydrogen (secondary N) is 1. The Hall–Kier alpha value is -1.28. The number of rotatable bonds is 6. The molecule has 0 saturated carbocycles. The summed E-state index contributed by atoms with van der Waals surface area (Å²) in [4.78, 5) is 0. The van der Waals surface area contributed by atoms with Crippen LogP contribution >= 0.6 is 0 Å². The predicted octanol–water partition coefficient (Wildman–Crippen LogP) is 4.06. The molecule has 0 spiro atoms. The van der Waals surface area contributed by atoms with E-state index in [1.54, 1.807) is 0 Å². The lowest BCUT2D eigenvalue weighted by atomic mass is 10.1. The number of hydrogen-bond donors (Lipinski definition) is 1. The van der Waals surface area contributed by atoms with Crippen LogP contribution in [0.2, 0.25) is 0 Å². The third-order valence-corrected chi connectivity index (χ3v) is 3.45. The molecule has 2 heteroatoms. The van der Waals surface area contributed by atoms with Crippen molar-refractivity contribution in [2.75, 3.05) is 6.54 Å². The molecule has 0 radical (unpaired) electrons. The van der Waals surface area contributed by atoms with Crippen molar-refractivity contribution in [3.8, 4) is 0 Å². The molecule has 18 heavy (non-hydrogen) atoms. The summed E-state index contributed by atoms with van der Waals surface area (Å²) >= 11 is 0. The fourth-order valence-electron chi connectivity index (χ4n) is 2.40. The fourth-order valence-corrected chi connectivity index (χ4v) is 2.40. The Kier molecular flexibility index (Phi) is 4.43. The maximum atomic E-state index is 5.87. The van der Waals surface area contributed by atoms with E-state index in [4.69, 9.17) is 4.42 Å². The zero-order chi connectivity index (χ0) is 13.0. The van der Waals surface area contributed by atoms with Crippen LogP contribution in [0.25, 0.3) is 11.0 Å². The third-order valence-electron chi connectivity index (χ3n) is 3.45. The van der Waals surface area contributed by atoms with Crippen molar-refractivity contribution in [3.05, 3.63) is 35.6 Å². The van der Waals surface area contributed by atoms with Crippen molar-refractivity contribution in [1.82, 2.24) is 5.32 Å². The second-order valence-electron chi connectivity index (χ2n) is 4.96. The molecule has 2 nitrogen and oxygen atoms in total. The second-order valence-corrected chi connectivity index (χ2v) is 4.96. The van der Waals surface area contributed by atoms with Gasteiger partial charge < -0.3 is 9.73 Å². The first-order chi connectivity index (χ1) is 8.72. The molecule has 1 aromatic carbocycles. The molecule has 0 amide bonds. The van der Waals surface area contributed by atoms with Crippen molar-refractivity contribution in [1.29, 1.82) is 0 Å². The van der Waals surface area contributed by atoms with Crippen molar-refractivity contribution < 1.29 is 4.42 Å². The molecule has 98 valence electrons. The van der Waals surface area contributed by atoms with Crippen molar-refractivity contribution in [2.45, 2.75) is 46.1 Å². The van der Waals surface area contributed by atoms with Crippen LogP contribution < -0.4 is 5.32 Å². The first-order valence-corrected chi connectivity index (χ1v) is 6.95. The highest BCUT2D eigenvalue weighted by Crippen LogP contribution is 2.22. The van der Waals surface area contributed by atoms with Crippen LogP contribution in [0.4, 0.5) is 0 Å². The summed E-state index contributed by atoms with van der Waals surface area (Å²) in [5.74, 6) is 1.10. The Bertz CT molecular complexity index is 501. The van der Waals surface area contributed by atoms with Gasteiger partial charge in [0, 0.05) is 17.8 Å². The van der Waals surface area contributed by atoms with Crippen molar-refractivity contribution in [2.24, 2.45) is 0 Å². The van der Waals surface area contributed by atoms with Gasteiger partial charge in [0.2, 0.25) is 0 Å². The van der Waals surface area contributed by atoms with Gasteiger partial charge in [0.05, 0.1) is 0 Å². The van der Waals surface area contributed by atoms with Crippen LogP contribution in [-0.2, 0) is 6.42 Å². The van der Waals surface area contributed by atoms with Crippen LogP contribution in [0, 0.1) is 6.92 Å². The molecule has 0 saturated heterocycles. The monoisotopic (exact) mass is 245 g/mol. The second kappa shape index (κ2) is 6.05. The first-order valence-electron chi connectivity index (χ1n) is 6.95. The summed E-state index contributed by atoms with van der Waals surface area (Å²) in [6.45, 7) is 7.55. The highest BCUT2D eigenvalue weighted by atomic mass is 16.3. The summed E-state index contributed by atoms with van der Waals surface area (Å²) in [5.41, 5.74) is 2.29. The standard InChI is InChI=1S/C16H23NO/c1-4-14(17-5-2)7-8-15-11-13-10-12(3)6-9-16(13)18-15/h6,9-11,14,17H,4-5,7-8H2,1-3H3. The lowest BCUT2D eigenvalue weighted by molar-refractivity contribution is 0.452. The molecule has 1 atom stereocenters. The molecule has 0 aliphatic carbocycles. The Balaban J connectivity index is 2.03. The largest absolute Gasteiger partial charge is 0.461 e. The summed E-state index contributed by atoms with van der Waals surface area (Å²) in [6.07, 6.45) is 3.33. The minimum absolute atomic E-state index is 0.602. The lowest BCUT2D eigenvalue weighted by Gasteiger charge is -2.14. The molecule has 2 aromatic rings. The molecular weight excluding hydrogens is 222 g/mol. The van der Waals surface area contributed by atoms with E-state index in [2.05, 4.69) is 50.4 Å². The number of aryl methyl sites for hydroxylation is 2. The van der Waals surface area contributed by atoms with E-state index in [-0.39, 0.29) is 0 Å². The van der Waals surface area contributed by atoms with E-state index in [1.165, 1.54) is 17.4 Å². The number of benzene rings is 1. The van der Waals surface area contributed by atoms with Crippen LogP contribution in [0.1, 0.15) is 38.0 Å². The van der Waals surface area contributed by atoms with E-state index >= 15 is 0 Å². The van der Waals surface area contributed by atoms with Gasteiger partial charge in [0.1, 0.15) is 11.3 Å². The minimum Gasteiger partial charge on any atom is -0.461 e. The van der Waals surface area contributed by atoms with E-state index in [9.17, 15) is 0 Å². The average Bonchev–Trinajstić information content (AvgIpc) is 2.76. The molecule has 1 aromatic heterocycles. The van der Waals surface area contributed by atoms with Crippen LogP contribution in [-0.4, -0.2) is 12.6 Å². The number of fused-ring (bicyclic) bond motifs is 1. The zero-order valence-electron chi connectivity index (χ0n) is 11.6. The van der Waals surface area contributed by atoms with Gasteiger partial charge >= 0.3 is 0 Å². The van der Waals surface area contributed by atoms with Gasteiger partial charge in [0.15, 0.2) is 0 Å². The van der Waals surface area contributed by atoms with Gasteiger partial charge in [-0.3, -0.25) is 0 Å². The molecule has 2 rings (SSSR count). The maximum Gasteiger partial charge on any atom is 0.134 e. The van der Waals surface area contributed by atoms with E-state index in [1.807, 2.05) is 0 Å². The predicted molar refractivity (Wildman–Crippen MR) is 77.0 cm³/mol. The van der Waals surface area contributed by atoms with Gasteiger partial charge in [0.25, 0.3) is 0 Å². The Morgan fingerprint density at radius 2 is 2.06 bits per heavy atom. The van der Waals surface area contributed by atoms with Crippen molar-refractivity contribution >= 4 is 11.0 Å². The smallest absolute Gasteiger partial charge is 0.134 e. The van der Waals surface area contributed by atoms with E-state index in [0.29, 0.717) is 6.04 Å².